The molecule has 1 unspecified atom stereocenters. The number of benzene rings is 1. The quantitative estimate of drug-likeness (QED) is 0.847. The smallest absolute Gasteiger partial charge is 0.407 e. The van der Waals surface area contributed by atoms with E-state index in [0.29, 0.717) is 5.56 Å². The van der Waals surface area contributed by atoms with Crippen molar-refractivity contribution in [1.29, 1.82) is 0 Å². The molecule has 0 heterocycles. The summed E-state index contributed by atoms with van der Waals surface area (Å²) in [5.74, 6) is -1.36. The predicted molar refractivity (Wildman–Crippen MR) is 78.3 cm³/mol. The average Bonchev–Trinajstić information content (AvgIpc) is 2.32. The fourth-order valence-corrected chi connectivity index (χ4v) is 2.55. The van der Waals surface area contributed by atoms with Gasteiger partial charge in [-0.3, -0.25) is 0 Å². The topological polar surface area (TPSA) is 72.5 Å². The normalized spacial score (nSPS) is 13.5. The minimum absolute atomic E-state index is 0.0257. The maximum atomic E-state index is 12.9. The van der Waals surface area contributed by atoms with Gasteiger partial charge in [-0.1, -0.05) is 30.3 Å². The number of hydrogen-bond donors (Lipinski definition) is 1. The first-order valence-electron chi connectivity index (χ1n) is 6.51. The number of carbonyl (C=O) groups is 1. The summed E-state index contributed by atoms with van der Waals surface area (Å²) in [5.41, 5.74) is -0.0202. The summed E-state index contributed by atoms with van der Waals surface area (Å²) in [6, 6.07) is 8.59. The maximum absolute atomic E-state index is 12.9. The molecule has 0 aliphatic heterocycles. The number of hydrogen-bond acceptors (Lipinski definition) is 4. The lowest BCUT2D eigenvalue weighted by molar-refractivity contribution is 0.0525. The zero-order valence-corrected chi connectivity index (χ0v) is 13.1. The molecule has 0 saturated carbocycles. The molecular formula is C14H20FNO4S. The number of carbonyl (C=O) groups excluding carboxylic acids is 1. The SMILES string of the molecule is CC(C)(C)OC(=O)NCC(CS(=O)(=O)F)c1ccccc1. The van der Waals surface area contributed by atoms with Crippen LogP contribution in [0.25, 0.3) is 0 Å². The highest BCUT2D eigenvalue weighted by molar-refractivity contribution is 7.86. The van der Waals surface area contributed by atoms with E-state index in [-0.39, 0.29) is 6.54 Å². The predicted octanol–water partition coefficient (Wildman–Crippen LogP) is 2.59. The van der Waals surface area contributed by atoms with E-state index in [2.05, 4.69) is 5.32 Å². The first kappa shape index (κ1) is 17.4. The Balaban J connectivity index is 2.73. The van der Waals surface area contributed by atoms with Gasteiger partial charge in [0.05, 0.1) is 5.75 Å². The fraction of sp³-hybridized carbons (Fsp3) is 0.500. The van der Waals surface area contributed by atoms with E-state index in [1.54, 1.807) is 51.1 Å². The molecule has 1 amide bonds. The van der Waals surface area contributed by atoms with Crippen LogP contribution in [0.1, 0.15) is 32.3 Å². The van der Waals surface area contributed by atoms with E-state index in [4.69, 9.17) is 4.74 Å². The molecule has 21 heavy (non-hydrogen) atoms. The van der Waals surface area contributed by atoms with E-state index in [1.165, 1.54) is 0 Å². The van der Waals surface area contributed by atoms with E-state index in [0.717, 1.165) is 0 Å². The van der Waals surface area contributed by atoms with Gasteiger partial charge in [0.1, 0.15) is 5.60 Å². The van der Waals surface area contributed by atoms with Gasteiger partial charge < -0.3 is 10.1 Å². The Morgan fingerprint density at radius 1 is 1.29 bits per heavy atom. The molecule has 0 saturated heterocycles. The summed E-state index contributed by atoms with van der Waals surface area (Å²) in [4.78, 5) is 11.6. The molecule has 0 radical (unpaired) electrons. The van der Waals surface area contributed by atoms with Crippen molar-refractivity contribution in [2.24, 2.45) is 0 Å². The molecule has 1 aromatic carbocycles. The highest BCUT2D eigenvalue weighted by Gasteiger charge is 2.22. The van der Waals surface area contributed by atoms with Crippen LogP contribution in [-0.2, 0) is 15.0 Å². The second kappa shape index (κ2) is 6.89. The molecule has 0 bridgehead atoms. The Bertz CT molecular complexity index is 566. The molecule has 1 N–H and O–H groups in total. The second-order valence-electron chi connectivity index (χ2n) is 5.70. The van der Waals surface area contributed by atoms with Gasteiger partial charge in [0.15, 0.2) is 0 Å². The third kappa shape index (κ3) is 7.65. The molecule has 0 aliphatic carbocycles. The number of rotatable bonds is 5. The van der Waals surface area contributed by atoms with Crippen molar-refractivity contribution in [3.63, 3.8) is 0 Å². The van der Waals surface area contributed by atoms with E-state index < -0.39 is 33.6 Å². The third-order valence-corrected chi connectivity index (χ3v) is 3.36. The lowest BCUT2D eigenvalue weighted by Crippen LogP contribution is -2.36. The van der Waals surface area contributed by atoms with Crippen LogP contribution in [0.3, 0.4) is 0 Å². The average molecular weight is 317 g/mol. The lowest BCUT2D eigenvalue weighted by Gasteiger charge is -2.21. The van der Waals surface area contributed by atoms with Crippen molar-refractivity contribution in [3.05, 3.63) is 35.9 Å². The minimum atomic E-state index is -4.65. The van der Waals surface area contributed by atoms with Crippen LogP contribution < -0.4 is 5.32 Å². The van der Waals surface area contributed by atoms with E-state index >= 15 is 0 Å². The Morgan fingerprint density at radius 3 is 2.33 bits per heavy atom. The summed E-state index contributed by atoms with van der Waals surface area (Å²) in [5, 5.41) is 2.47. The Labute approximate surface area is 124 Å². The number of nitrogens with one attached hydrogen (secondary N) is 1. The maximum Gasteiger partial charge on any atom is 0.407 e. The van der Waals surface area contributed by atoms with Crippen molar-refractivity contribution >= 4 is 16.3 Å². The van der Waals surface area contributed by atoms with Crippen LogP contribution in [0.5, 0.6) is 0 Å². The van der Waals surface area contributed by atoms with Gasteiger partial charge in [-0.25, -0.2) is 4.79 Å². The van der Waals surface area contributed by atoms with Gasteiger partial charge in [0, 0.05) is 12.5 Å². The minimum Gasteiger partial charge on any atom is -0.444 e. The summed E-state index contributed by atoms with van der Waals surface area (Å²) in [6.45, 7) is 5.12. The second-order valence-corrected chi connectivity index (χ2v) is 7.11. The van der Waals surface area contributed by atoms with Crippen LogP contribution in [0.2, 0.25) is 0 Å². The molecule has 118 valence electrons. The fourth-order valence-electron chi connectivity index (χ4n) is 1.76. The monoisotopic (exact) mass is 317 g/mol. The van der Waals surface area contributed by atoms with Crippen molar-refractivity contribution in [1.82, 2.24) is 5.32 Å². The molecule has 5 nitrogen and oxygen atoms in total. The highest BCUT2D eigenvalue weighted by atomic mass is 32.3. The standard InChI is InChI=1S/C14H20FNO4S/c1-14(2,3)20-13(17)16-9-12(10-21(15,18)19)11-7-5-4-6-8-11/h4-8,12H,9-10H2,1-3H3,(H,16,17). The molecule has 1 aromatic rings. The van der Waals surface area contributed by atoms with Crippen molar-refractivity contribution in [2.75, 3.05) is 12.3 Å². The van der Waals surface area contributed by atoms with E-state index in [1.807, 2.05) is 0 Å². The van der Waals surface area contributed by atoms with Crippen molar-refractivity contribution < 1.29 is 21.8 Å². The number of halogens is 1. The number of ether oxygens (including phenoxy) is 1. The van der Waals surface area contributed by atoms with Crippen LogP contribution in [0.4, 0.5) is 8.68 Å². The van der Waals surface area contributed by atoms with Crippen molar-refractivity contribution in [2.45, 2.75) is 32.3 Å². The Morgan fingerprint density at radius 2 is 1.86 bits per heavy atom. The van der Waals surface area contributed by atoms with Gasteiger partial charge >= 0.3 is 16.3 Å². The van der Waals surface area contributed by atoms with E-state index in [9.17, 15) is 17.1 Å². The summed E-state index contributed by atoms with van der Waals surface area (Å²) >= 11 is 0. The molecule has 0 aromatic heterocycles. The summed E-state index contributed by atoms with van der Waals surface area (Å²) in [6.07, 6.45) is -0.667. The van der Waals surface area contributed by atoms with Crippen LogP contribution in [-0.4, -0.2) is 32.4 Å². The summed E-state index contributed by atoms with van der Waals surface area (Å²) in [7, 11) is -4.65. The van der Waals surface area contributed by atoms with Gasteiger partial charge in [0.25, 0.3) is 0 Å². The molecule has 7 heteroatoms. The molecule has 1 rings (SSSR count). The number of alkyl carbamates (subject to hydrolysis) is 1. The first-order valence-corrected chi connectivity index (χ1v) is 8.06. The zero-order valence-electron chi connectivity index (χ0n) is 12.3. The lowest BCUT2D eigenvalue weighted by atomic mass is 10.0. The largest absolute Gasteiger partial charge is 0.444 e. The zero-order chi connectivity index (χ0) is 16.1. The Hall–Kier alpha value is -1.63. The Kier molecular flexibility index (Phi) is 5.71. The third-order valence-electron chi connectivity index (χ3n) is 2.56. The van der Waals surface area contributed by atoms with Crippen molar-refractivity contribution in [3.8, 4) is 0 Å². The highest BCUT2D eigenvalue weighted by Crippen LogP contribution is 2.18. The van der Waals surface area contributed by atoms with Crippen LogP contribution in [0, 0.1) is 0 Å². The summed E-state index contributed by atoms with van der Waals surface area (Å²) < 4.78 is 39.8. The molecule has 0 fully saturated rings. The molecule has 0 spiro atoms. The molecular weight excluding hydrogens is 297 g/mol. The van der Waals surface area contributed by atoms with Gasteiger partial charge in [-0.2, -0.15) is 8.42 Å². The number of amides is 1. The molecule has 1 atom stereocenters. The van der Waals surface area contributed by atoms with Crippen LogP contribution in [0.15, 0.2) is 30.3 Å². The van der Waals surface area contributed by atoms with Gasteiger partial charge in [-0.05, 0) is 26.3 Å². The van der Waals surface area contributed by atoms with Crippen LogP contribution >= 0.6 is 0 Å². The van der Waals surface area contributed by atoms with Gasteiger partial charge in [-0.15, -0.1) is 3.89 Å². The van der Waals surface area contributed by atoms with Gasteiger partial charge in [0.2, 0.25) is 0 Å². The first-order chi connectivity index (χ1) is 9.57. The molecule has 0 aliphatic rings.